The Kier molecular flexibility index (Phi) is 3.25. The lowest BCUT2D eigenvalue weighted by Crippen LogP contribution is -2.56. The quantitative estimate of drug-likeness (QED) is 0.715. The molecule has 5 nitrogen and oxygen atoms in total. The van der Waals surface area contributed by atoms with Gasteiger partial charge in [0.25, 0.3) is 0 Å². The van der Waals surface area contributed by atoms with Gasteiger partial charge in [-0.2, -0.15) is 0 Å². The van der Waals surface area contributed by atoms with Gasteiger partial charge in [0.15, 0.2) is 0 Å². The number of piperidine rings is 1. The summed E-state index contributed by atoms with van der Waals surface area (Å²) in [5.41, 5.74) is -0.674. The molecular formula is C13H22N2O3. The number of carbonyl (C=O) groups excluding carboxylic acids is 2. The normalized spacial score (nSPS) is 28.4. The van der Waals surface area contributed by atoms with Crippen molar-refractivity contribution in [2.75, 3.05) is 13.1 Å². The minimum Gasteiger partial charge on any atom is -0.444 e. The molecule has 0 aliphatic carbocycles. The minimum absolute atomic E-state index is 0.0982. The zero-order valence-electron chi connectivity index (χ0n) is 11.4. The molecule has 0 aromatic carbocycles. The zero-order chi connectivity index (χ0) is 13.4. The monoisotopic (exact) mass is 254 g/mol. The van der Waals surface area contributed by atoms with E-state index in [1.54, 1.807) is 4.90 Å². The first kappa shape index (κ1) is 13.2. The summed E-state index contributed by atoms with van der Waals surface area (Å²) in [6.45, 7) is 6.88. The lowest BCUT2D eigenvalue weighted by atomic mass is 9.88. The second-order valence-electron chi connectivity index (χ2n) is 6.33. The van der Waals surface area contributed by atoms with Gasteiger partial charge < -0.3 is 15.0 Å². The van der Waals surface area contributed by atoms with Crippen LogP contribution in [-0.2, 0) is 9.53 Å². The summed E-state index contributed by atoms with van der Waals surface area (Å²) < 4.78 is 5.38. The van der Waals surface area contributed by atoms with E-state index in [2.05, 4.69) is 5.32 Å². The lowest BCUT2D eigenvalue weighted by Gasteiger charge is -2.40. The standard InChI is InChI=1S/C13H22N2O3/c1-12(2,3)18-11(17)15-8-4-6-13(9-15)7-5-10(16)14-13/h4-9H2,1-3H3,(H,14,16)/t13-/m1/s1. The first-order valence-corrected chi connectivity index (χ1v) is 6.59. The number of amides is 2. The van der Waals surface area contributed by atoms with Gasteiger partial charge in [-0.05, 0) is 40.0 Å². The fraction of sp³-hybridized carbons (Fsp3) is 0.846. The van der Waals surface area contributed by atoms with Crippen LogP contribution in [0, 0.1) is 0 Å². The molecule has 18 heavy (non-hydrogen) atoms. The van der Waals surface area contributed by atoms with Crippen molar-refractivity contribution in [2.45, 2.75) is 57.6 Å². The van der Waals surface area contributed by atoms with E-state index < -0.39 is 5.60 Å². The molecule has 2 amide bonds. The Morgan fingerprint density at radius 2 is 2.11 bits per heavy atom. The molecule has 2 fully saturated rings. The molecule has 2 aliphatic rings. The molecule has 0 aromatic heterocycles. The number of nitrogens with zero attached hydrogens (tertiary/aromatic N) is 1. The number of ether oxygens (including phenoxy) is 1. The van der Waals surface area contributed by atoms with Crippen LogP contribution in [-0.4, -0.2) is 41.1 Å². The summed E-state index contributed by atoms with van der Waals surface area (Å²) in [6, 6.07) is 0. The Labute approximate surface area is 108 Å². The van der Waals surface area contributed by atoms with Gasteiger partial charge in [-0.15, -0.1) is 0 Å². The SMILES string of the molecule is CC(C)(C)OC(=O)N1CCC[C@@]2(CCC(=O)N2)C1. The molecule has 0 bridgehead atoms. The van der Waals surface area contributed by atoms with Crippen molar-refractivity contribution in [3.05, 3.63) is 0 Å². The number of rotatable bonds is 0. The number of nitrogens with one attached hydrogen (secondary N) is 1. The van der Waals surface area contributed by atoms with Gasteiger partial charge in [-0.25, -0.2) is 4.79 Å². The molecular weight excluding hydrogens is 232 g/mol. The Morgan fingerprint density at radius 1 is 1.39 bits per heavy atom. The van der Waals surface area contributed by atoms with Gasteiger partial charge in [0, 0.05) is 19.5 Å². The third kappa shape index (κ3) is 2.94. The predicted octanol–water partition coefficient (Wildman–Crippen LogP) is 1.67. The second-order valence-corrected chi connectivity index (χ2v) is 6.33. The van der Waals surface area contributed by atoms with Crippen molar-refractivity contribution >= 4 is 12.0 Å². The lowest BCUT2D eigenvalue weighted by molar-refractivity contribution is -0.120. The second kappa shape index (κ2) is 4.44. The summed E-state index contributed by atoms with van der Waals surface area (Å²) >= 11 is 0. The van der Waals surface area contributed by atoms with E-state index in [-0.39, 0.29) is 17.5 Å². The number of hydrogen-bond donors (Lipinski definition) is 1. The summed E-state index contributed by atoms with van der Waals surface area (Å²) in [5.74, 6) is 0.0982. The summed E-state index contributed by atoms with van der Waals surface area (Å²) in [5, 5.41) is 3.03. The van der Waals surface area contributed by atoms with Gasteiger partial charge >= 0.3 is 6.09 Å². The van der Waals surface area contributed by atoms with Crippen molar-refractivity contribution < 1.29 is 14.3 Å². The summed E-state index contributed by atoms with van der Waals surface area (Å²) in [7, 11) is 0. The van der Waals surface area contributed by atoms with Crippen molar-refractivity contribution in [3.63, 3.8) is 0 Å². The van der Waals surface area contributed by atoms with Gasteiger partial charge in [0.1, 0.15) is 5.60 Å². The third-order valence-corrected chi connectivity index (χ3v) is 3.46. The highest BCUT2D eigenvalue weighted by Crippen LogP contribution is 2.30. The highest BCUT2D eigenvalue weighted by atomic mass is 16.6. The van der Waals surface area contributed by atoms with E-state index >= 15 is 0 Å². The van der Waals surface area contributed by atoms with E-state index in [9.17, 15) is 9.59 Å². The van der Waals surface area contributed by atoms with Gasteiger partial charge in [-0.3, -0.25) is 4.79 Å². The number of carbonyl (C=O) groups is 2. The van der Waals surface area contributed by atoms with Crippen LogP contribution in [0.4, 0.5) is 4.79 Å². The molecule has 102 valence electrons. The molecule has 0 aromatic rings. The highest BCUT2D eigenvalue weighted by Gasteiger charge is 2.42. The molecule has 1 N–H and O–H groups in total. The van der Waals surface area contributed by atoms with Crippen LogP contribution in [0.1, 0.15) is 46.5 Å². The van der Waals surface area contributed by atoms with Crippen LogP contribution in [0.15, 0.2) is 0 Å². The van der Waals surface area contributed by atoms with Crippen molar-refractivity contribution in [3.8, 4) is 0 Å². The maximum absolute atomic E-state index is 12.0. The third-order valence-electron chi connectivity index (χ3n) is 3.46. The van der Waals surface area contributed by atoms with Gasteiger partial charge in [0.05, 0.1) is 5.54 Å². The van der Waals surface area contributed by atoms with E-state index in [1.165, 1.54) is 0 Å². The molecule has 0 radical (unpaired) electrons. The average molecular weight is 254 g/mol. The van der Waals surface area contributed by atoms with Crippen LogP contribution >= 0.6 is 0 Å². The maximum Gasteiger partial charge on any atom is 0.410 e. The minimum atomic E-state index is -0.472. The molecule has 1 spiro atoms. The average Bonchev–Trinajstić information content (AvgIpc) is 2.57. The number of likely N-dealkylation sites (tertiary alicyclic amines) is 1. The van der Waals surface area contributed by atoms with Crippen LogP contribution < -0.4 is 5.32 Å². The number of hydrogen-bond acceptors (Lipinski definition) is 3. The van der Waals surface area contributed by atoms with Crippen LogP contribution in [0.25, 0.3) is 0 Å². The fourth-order valence-corrected chi connectivity index (χ4v) is 2.69. The van der Waals surface area contributed by atoms with Crippen LogP contribution in [0.3, 0.4) is 0 Å². The fourth-order valence-electron chi connectivity index (χ4n) is 2.69. The molecule has 1 atom stereocenters. The molecule has 2 heterocycles. The van der Waals surface area contributed by atoms with Crippen molar-refractivity contribution in [1.82, 2.24) is 10.2 Å². The summed E-state index contributed by atoms with van der Waals surface area (Å²) in [6.07, 6.45) is 2.99. The maximum atomic E-state index is 12.0. The van der Waals surface area contributed by atoms with E-state index in [1.807, 2.05) is 20.8 Å². The Hall–Kier alpha value is -1.26. The Bertz CT molecular complexity index is 362. The Morgan fingerprint density at radius 3 is 2.67 bits per heavy atom. The van der Waals surface area contributed by atoms with E-state index in [0.29, 0.717) is 19.5 Å². The van der Waals surface area contributed by atoms with Gasteiger partial charge in [0.2, 0.25) is 5.91 Å². The van der Waals surface area contributed by atoms with Crippen LogP contribution in [0.5, 0.6) is 0 Å². The van der Waals surface area contributed by atoms with Crippen molar-refractivity contribution in [1.29, 1.82) is 0 Å². The predicted molar refractivity (Wildman–Crippen MR) is 67.1 cm³/mol. The van der Waals surface area contributed by atoms with Gasteiger partial charge in [-0.1, -0.05) is 0 Å². The highest BCUT2D eigenvalue weighted by molar-refractivity contribution is 5.79. The van der Waals surface area contributed by atoms with E-state index in [0.717, 1.165) is 19.3 Å². The molecule has 2 saturated heterocycles. The largest absolute Gasteiger partial charge is 0.444 e. The molecule has 2 rings (SSSR count). The van der Waals surface area contributed by atoms with E-state index in [4.69, 9.17) is 4.74 Å². The smallest absolute Gasteiger partial charge is 0.410 e. The first-order valence-electron chi connectivity index (χ1n) is 6.59. The van der Waals surface area contributed by atoms with Crippen molar-refractivity contribution in [2.24, 2.45) is 0 Å². The molecule has 5 heteroatoms. The summed E-state index contributed by atoms with van der Waals surface area (Å²) in [4.78, 5) is 25.1. The first-order chi connectivity index (χ1) is 8.30. The molecule has 0 saturated carbocycles. The Balaban J connectivity index is 1.99. The molecule has 2 aliphatic heterocycles. The van der Waals surface area contributed by atoms with Crippen LogP contribution in [0.2, 0.25) is 0 Å². The molecule has 0 unspecified atom stereocenters. The zero-order valence-corrected chi connectivity index (χ0v) is 11.4. The topological polar surface area (TPSA) is 58.6 Å².